The SMILES string of the molecule is O=C(C=Cc1ccc2c(c1)nc(CCc1ccccc1)n2CCc1ccccc1)NO. The molecule has 0 spiro atoms. The van der Waals surface area contributed by atoms with E-state index in [2.05, 4.69) is 59.2 Å². The molecule has 0 fully saturated rings. The maximum absolute atomic E-state index is 11.3. The fourth-order valence-corrected chi connectivity index (χ4v) is 3.74. The number of hydrogen-bond donors (Lipinski definition) is 2. The molecule has 156 valence electrons. The summed E-state index contributed by atoms with van der Waals surface area (Å²) >= 11 is 0. The van der Waals surface area contributed by atoms with Crippen LogP contribution in [0.5, 0.6) is 0 Å². The van der Waals surface area contributed by atoms with Crippen molar-refractivity contribution in [1.82, 2.24) is 15.0 Å². The highest BCUT2D eigenvalue weighted by Crippen LogP contribution is 2.21. The van der Waals surface area contributed by atoms with Gasteiger partial charge in [0.1, 0.15) is 5.82 Å². The number of nitrogens with zero attached hydrogens (tertiary/aromatic N) is 2. The molecule has 0 bridgehead atoms. The lowest BCUT2D eigenvalue weighted by atomic mass is 10.1. The standard InChI is InChI=1S/C26H25N3O2/c30-26(28-31)16-13-22-11-14-24-23(19-22)27-25(15-12-20-7-3-1-4-8-20)29(24)18-17-21-9-5-2-6-10-21/h1-11,13-14,16,19,31H,12,15,17-18H2,(H,28,30). The number of amides is 1. The molecule has 31 heavy (non-hydrogen) atoms. The monoisotopic (exact) mass is 411 g/mol. The number of hydrogen-bond acceptors (Lipinski definition) is 3. The third-order valence-corrected chi connectivity index (χ3v) is 5.34. The van der Waals surface area contributed by atoms with Crippen LogP contribution < -0.4 is 5.48 Å². The summed E-state index contributed by atoms with van der Waals surface area (Å²) in [6, 6.07) is 26.9. The van der Waals surface area contributed by atoms with Gasteiger partial charge in [-0.1, -0.05) is 66.7 Å². The second-order valence-corrected chi connectivity index (χ2v) is 7.46. The number of carbonyl (C=O) groups is 1. The van der Waals surface area contributed by atoms with Crippen molar-refractivity contribution in [3.8, 4) is 0 Å². The Morgan fingerprint density at radius 1 is 0.903 bits per heavy atom. The van der Waals surface area contributed by atoms with Gasteiger partial charge >= 0.3 is 0 Å². The van der Waals surface area contributed by atoms with Crippen molar-refractivity contribution in [2.24, 2.45) is 0 Å². The van der Waals surface area contributed by atoms with Crippen LogP contribution in [0.15, 0.2) is 84.9 Å². The zero-order valence-corrected chi connectivity index (χ0v) is 17.2. The molecule has 5 nitrogen and oxygen atoms in total. The minimum absolute atomic E-state index is 0.558. The van der Waals surface area contributed by atoms with Crippen LogP contribution in [0, 0.1) is 0 Å². The summed E-state index contributed by atoms with van der Waals surface area (Å²) in [6.07, 6.45) is 5.68. The van der Waals surface area contributed by atoms with Crippen LogP contribution in [0.1, 0.15) is 22.5 Å². The van der Waals surface area contributed by atoms with Crippen LogP contribution in [-0.2, 0) is 30.6 Å². The van der Waals surface area contributed by atoms with E-state index in [1.807, 2.05) is 24.3 Å². The first-order chi connectivity index (χ1) is 15.2. The minimum Gasteiger partial charge on any atom is -0.328 e. The number of aromatic nitrogens is 2. The van der Waals surface area contributed by atoms with Crippen molar-refractivity contribution in [3.63, 3.8) is 0 Å². The zero-order valence-electron chi connectivity index (χ0n) is 17.2. The Labute approximate surface area is 181 Å². The van der Waals surface area contributed by atoms with Crippen molar-refractivity contribution < 1.29 is 10.0 Å². The summed E-state index contributed by atoms with van der Waals surface area (Å²) in [5, 5.41) is 8.66. The maximum Gasteiger partial charge on any atom is 0.267 e. The number of nitrogens with one attached hydrogen (secondary N) is 1. The summed E-state index contributed by atoms with van der Waals surface area (Å²) < 4.78 is 2.30. The van der Waals surface area contributed by atoms with E-state index in [1.54, 1.807) is 11.6 Å². The number of hydroxylamine groups is 1. The molecule has 0 radical (unpaired) electrons. The van der Waals surface area contributed by atoms with Gasteiger partial charge in [0.25, 0.3) is 5.91 Å². The Kier molecular flexibility index (Phi) is 6.55. The predicted molar refractivity (Wildman–Crippen MR) is 123 cm³/mol. The summed E-state index contributed by atoms with van der Waals surface area (Å²) in [5.74, 6) is 0.501. The molecule has 0 saturated heterocycles. The van der Waals surface area contributed by atoms with Crippen LogP contribution in [0.4, 0.5) is 0 Å². The van der Waals surface area contributed by atoms with Crippen LogP contribution >= 0.6 is 0 Å². The van der Waals surface area contributed by atoms with E-state index in [-0.39, 0.29) is 0 Å². The molecule has 1 amide bonds. The summed E-state index contributed by atoms with van der Waals surface area (Å²) in [5.41, 5.74) is 7.05. The van der Waals surface area contributed by atoms with E-state index in [0.29, 0.717) is 0 Å². The minimum atomic E-state index is -0.558. The van der Waals surface area contributed by atoms with E-state index >= 15 is 0 Å². The van der Waals surface area contributed by atoms with Gasteiger partial charge in [0.05, 0.1) is 11.0 Å². The number of imidazole rings is 1. The van der Waals surface area contributed by atoms with Crippen LogP contribution in [0.3, 0.4) is 0 Å². The molecule has 0 aliphatic carbocycles. The van der Waals surface area contributed by atoms with Gasteiger partial charge in [-0.15, -0.1) is 0 Å². The van der Waals surface area contributed by atoms with Crippen molar-refractivity contribution in [2.45, 2.75) is 25.8 Å². The van der Waals surface area contributed by atoms with Crippen LogP contribution in [-0.4, -0.2) is 20.7 Å². The number of benzene rings is 3. The van der Waals surface area contributed by atoms with Gasteiger partial charge in [0.2, 0.25) is 0 Å². The second kappa shape index (κ2) is 9.87. The molecule has 5 heteroatoms. The van der Waals surface area contributed by atoms with E-state index < -0.39 is 5.91 Å². The highest BCUT2D eigenvalue weighted by Gasteiger charge is 2.11. The molecule has 1 aromatic heterocycles. The Hall–Kier alpha value is -3.70. The van der Waals surface area contributed by atoms with Gasteiger partial charge in [0, 0.05) is 19.0 Å². The first-order valence-corrected chi connectivity index (χ1v) is 10.4. The lowest BCUT2D eigenvalue weighted by molar-refractivity contribution is -0.124. The molecule has 4 aromatic rings. The topological polar surface area (TPSA) is 67.2 Å². The number of carbonyl (C=O) groups excluding carboxylic acids is 1. The second-order valence-electron chi connectivity index (χ2n) is 7.46. The van der Waals surface area contributed by atoms with E-state index in [1.165, 1.54) is 17.2 Å². The van der Waals surface area contributed by atoms with Crippen molar-refractivity contribution in [3.05, 3.63) is 107 Å². The average Bonchev–Trinajstić information content (AvgIpc) is 3.17. The molecule has 0 aliphatic heterocycles. The molecule has 0 atom stereocenters. The maximum atomic E-state index is 11.3. The Morgan fingerprint density at radius 3 is 2.26 bits per heavy atom. The van der Waals surface area contributed by atoms with Gasteiger partial charge in [0.15, 0.2) is 0 Å². The summed E-state index contributed by atoms with van der Waals surface area (Å²) in [4.78, 5) is 16.2. The summed E-state index contributed by atoms with van der Waals surface area (Å²) in [7, 11) is 0. The molecule has 2 N–H and O–H groups in total. The lowest BCUT2D eigenvalue weighted by Crippen LogP contribution is -2.14. The first-order valence-electron chi connectivity index (χ1n) is 10.4. The lowest BCUT2D eigenvalue weighted by Gasteiger charge is -2.10. The van der Waals surface area contributed by atoms with E-state index in [4.69, 9.17) is 10.2 Å². The van der Waals surface area contributed by atoms with Crippen LogP contribution in [0.25, 0.3) is 17.1 Å². The molecular formula is C26H25N3O2. The quantitative estimate of drug-likeness (QED) is 0.253. The third kappa shape index (κ3) is 5.27. The zero-order chi connectivity index (χ0) is 21.5. The highest BCUT2D eigenvalue weighted by atomic mass is 16.5. The number of fused-ring (bicyclic) bond motifs is 1. The molecular weight excluding hydrogens is 386 g/mol. The third-order valence-electron chi connectivity index (χ3n) is 5.34. The van der Waals surface area contributed by atoms with Crippen molar-refractivity contribution in [1.29, 1.82) is 0 Å². The molecule has 0 saturated carbocycles. The molecule has 0 unspecified atom stereocenters. The van der Waals surface area contributed by atoms with E-state index in [0.717, 1.165) is 48.2 Å². The van der Waals surface area contributed by atoms with Crippen molar-refractivity contribution >= 4 is 23.0 Å². The Morgan fingerprint density at radius 2 is 1.58 bits per heavy atom. The smallest absolute Gasteiger partial charge is 0.267 e. The molecule has 3 aromatic carbocycles. The van der Waals surface area contributed by atoms with Gasteiger partial charge < -0.3 is 4.57 Å². The molecule has 4 rings (SSSR count). The van der Waals surface area contributed by atoms with Gasteiger partial charge in [-0.05, 0) is 47.7 Å². The largest absolute Gasteiger partial charge is 0.328 e. The number of rotatable bonds is 8. The molecule has 0 aliphatic rings. The fraction of sp³-hybridized carbons (Fsp3) is 0.154. The molecule has 1 heterocycles. The van der Waals surface area contributed by atoms with Crippen molar-refractivity contribution in [2.75, 3.05) is 0 Å². The fourth-order valence-electron chi connectivity index (χ4n) is 3.74. The number of aryl methyl sites for hydroxylation is 4. The van der Waals surface area contributed by atoms with Gasteiger partial charge in [-0.25, -0.2) is 10.5 Å². The van der Waals surface area contributed by atoms with Gasteiger partial charge in [-0.3, -0.25) is 10.0 Å². The normalized spacial score (nSPS) is 11.3. The average molecular weight is 412 g/mol. The van der Waals surface area contributed by atoms with E-state index in [9.17, 15) is 4.79 Å². The predicted octanol–water partition coefficient (Wildman–Crippen LogP) is 4.58. The van der Waals surface area contributed by atoms with Gasteiger partial charge in [-0.2, -0.15) is 0 Å². The Bertz CT molecular complexity index is 1180. The Balaban J connectivity index is 1.63. The summed E-state index contributed by atoms with van der Waals surface area (Å²) in [6.45, 7) is 0.854. The first kappa shape index (κ1) is 20.6. The highest BCUT2D eigenvalue weighted by molar-refractivity contribution is 5.91. The van der Waals surface area contributed by atoms with Crippen LogP contribution in [0.2, 0.25) is 0 Å².